The number of hydrogen-bond donors (Lipinski definition) is 0. The van der Waals surface area contributed by atoms with Crippen molar-refractivity contribution in [3.8, 4) is 0 Å². The normalized spacial score (nSPS) is 6.25. The number of carbonyl (C=O) groups is 1. The Morgan fingerprint density at radius 3 is 1.75 bits per heavy atom. The monoisotopic (exact) mass is 246 g/mol. The molecule has 1 nitrogen and oxygen atoms in total. The number of carbonyl (C=O) groups excluding carboxylic acids is 1. The number of hydrogen-bond acceptors (Lipinski definition) is 1. The Kier molecular flexibility index (Phi) is 21.0. The van der Waals surface area contributed by atoms with Crippen LogP contribution in [0.15, 0.2) is 0 Å². The molecule has 0 amide bonds. The quantitative estimate of drug-likeness (QED) is 0.733. The van der Waals surface area contributed by atoms with E-state index in [0.29, 0.717) is 0 Å². The largest absolute Gasteiger partial charge is 0.300 e. The van der Waals surface area contributed by atoms with Crippen molar-refractivity contribution in [2.24, 2.45) is 0 Å². The molecule has 0 aromatic rings. The van der Waals surface area contributed by atoms with Crippen LogP contribution in [-0.2, 0) is 4.79 Å². The summed E-state index contributed by atoms with van der Waals surface area (Å²) in [7, 11) is 0. The molecule has 3 heteroatoms. The Hall–Kier alpha value is 0.630. The van der Waals surface area contributed by atoms with E-state index in [2.05, 4.69) is 0 Å². The highest BCUT2D eigenvalue weighted by Crippen LogP contribution is 1.84. The second-order valence-electron chi connectivity index (χ2n) is 1.45. The summed E-state index contributed by atoms with van der Waals surface area (Å²) >= 11 is 0. The number of Topliss-reactive ketones (excluding diaryl/α,β-unsaturated/α-hetero) is 1. The van der Waals surface area contributed by atoms with E-state index in [1.807, 2.05) is 6.92 Å². The Morgan fingerprint density at radius 1 is 1.38 bits per heavy atom. The average molecular weight is 248 g/mol. The van der Waals surface area contributed by atoms with Gasteiger partial charge in [-0.3, -0.25) is 0 Å². The van der Waals surface area contributed by atoms with Gasteiger partial charge < -0.3 is 4.79 Å². The highest BCUT2D eigenvalue weighted by molar-refractivity contribution is 8.93. The van der Waals surface area contributed by atoms with Crippen LogP contribution in [0.25, 0.3) is 0 Å². The Labute approximate surface area is 71.4 Å². The molecule has 0 fully saturated rings. The van der Waals surface area contributed by atoms with E-state index >= 15 is 0 Å². The zero-order valence-electron chi connectivity index (χ0n) is 5.14. The van der Waals surface area contributed by atoms with Crippen LogP contribution in [0.4, 0.5) is 0 Å². The molecule has 0 aromatic carbocycles. The van der Waals surface area contributed by atoms with Crippen molar-refractivity contribution in [1.82, 2.24) is 0 Å². The lowest BCUT2D eigenvalue weighted by molar-refractivity contribution is -0.117. The lowest BCUT2D eigenvalue weighted by atomic mass is 10.3. The first-order chi connectivity index (χ1) is 2.77. The standard InChI is InChI=1S/C5H10O.2BrH/c1-3-4-5(2)6;;/h3-4H2,1-2H3;2*1H. The van der Waals surface area contributed by atoms with Crippen LogP contribution in [-0.4, -0.2) is 5.78 Å². The summed E-state index contributed by atoms with van der Waals surface area (Å²) in [4.78, 5) is 10.0. The second kappa shape index (κ2) is 10.6. The van der Waals surface area contributed by atoms with Gasteiger partial charge in [0.1, 0.15) is 5.78 Å². The molecule has 0 saturated heterocycles. The molecule has 0 rings (SSSR count). The van der Waals surface area contributed by atoms with Gasteiger partial charge in [0.05, 0.1) is 0 Å². The molecule has 0 aromatic heterocycles. The first-order valence-corrected chi connectivity index (χ1v) is 2.26. The molecule has 52 valence electrons. The first kappa shape index (κ1) is 15.9. The van der Waals surface area contributed by atoms with Crippen LogP contribution >= 0.6 is 34.0 Å². The van der Waals surface area contributed by atoms with Gasteiger partial charge in [-0.25, -0.2) is 0 Å². The highest BCUT2D eigenvalue weighted by atomic mass is 79.9. The van der Waals surface area contributed by atoms with Gasteiger partial charge in [-0.1, -0.05) is 6.92 Å². The molecular formula is C5H12Br2O. The fourth-order valence-electron chi connectivity index (χ4n) is 0.352. The van der Waals surface area contributed by atoms with Crippen LogP contribution in [0.3, 0.4) is 0 Å². The molecule has 0 atom stereocenters. The zero-order valence-corrected chi connectivity index (χ0v) is 8.57. The number of halogens is 2. The third-order valence-electron chi connectivity index (χ3n) is 0.602. The number of ketones is 1. The third-order valence-corrected chi connectivity index (χ3v) is 0.602. The van der Waals surface area contributed by atoms with Gasteiger partial charge >= 0.3 is 0 Å². The van der Waals surface area contributed by atoms with E-state index in [1.54, 1.807) is 6.92 Å². The average Bonchev–Trinajstić information content (AvgIpc) is 1.35. The minimum Gasteiger partial charge on any atom is -0.300 e. The summed E-state index contributed by atoms with van der Waals surface area (Å²) in [5, 5.41) is 0. The molecule has 0 aliphatic rings. The fourth-order valence-corrected chi connectivity index (χ4v) is 0.352. The van der Waals surface area contributed by atoms with E-state index < -0.39 is 0 Å². The van der Waals surface area contributed by atoms with Crippen molar-refractivity contribution in [3.63, 3.8) is 0 Å². The van der Waals surface area contributed by atoms with Gasteiger partial charge in [-0.05, 0) is 13.3 Å². The van der Waals surface area contributed by atoms with Crippen molar-refractivity contribution in [3.05, 3.63) is 0 Å². The molecule has 0 N–H and O–H groups in total. The molecule has 0 saturated carbocycles. The van der Waals surface area contributed by atoms with Crippen molar-refractivity contribution >= 4 is 39.7 Å². The topological polar surface area (TPSA) is 17.1 Å². The van der Waals surface area contributed by atoms with Crippen LogP contribution in [0.5, 0.6) is 0 Å². The van der Waals surface area contributed by atoms with Crippen LogP contribution in [0, 0.1) is 0 Å². The maximum Gasteiger partial charge on any atom is 0.129 e. The van der Waals surface area contributed by atoms with E-state index in [9.17, 15) is 4.79 Å². The summed E-state index contributed by atoms with van der Waals surface area (Å²) in [6.07, 6.45) is 1.72. The Bertz CT molecular complexity index is 54.4. The van der Waals surface area contributed by atoms with Gasteiger partial charge in [0.25, 0.3) is 0 Å². The SMILES string of the molecule is Br.Br.CCCC(C)=O. The summed E-state index contributed by atoms with van der Waals surface area (Å²) in [6.45, 7) is 3.62. The summed E-state index contributed by atoms with van der Waals surface area (Å²) < 4.78 is 0. The smallest absolute Gasteiger partial charge is 0.129 e. The summed E-state index contributed by atoms with van der Waals surface area (Å²) in [5.41, 5.74) is 0. The van der Waals surface area contributed by atoms with E-state index in [-0.39, 0.29) is 39.7 Å². The molecule has 0 aliphatic heterocycles. The van der Waals surface area contributed by atoms with Gasteiger partial charge in [0, 0.05) is 6.42 Å². The van der Waals surface area contributed by atoms with Crippen molar-refractivity contribution < 1.29 is 4.79 Å². The van der Waals surface area contributed by atoms with E-state index in [4.69, 9.17) is 0 Å². The molecule has 0 bridgehead atoms. The van der Waals surface area contributed by atoms with E-state index in [0.717, 1.165) is 12.8 Å². The summed E-state index contributed by atoms with van der Waals surface area (Å²) in [5.74, 6) is 0.289. The minimum atomic E-state index is 0. The van der Waals surface area contributed by atoms with Crippen molar-refractivity contribution in [1.29, 1.82) is 0 Å². The second-order valence-corrected chi connectivity index (χ2v) is 1.45. The van der Waals surface area contributed by atoms with Crippen molar-refractivity contribution in [2.45, 2.75) is 26.7 Å². The molecule has 0 aliphatic carbocycles. The maximum atomic E-state index is 10.0. The van der Waals surface area contributed by atoms with Crippen LogP contribution in [0.1, 0.15) is 26.7 Å². The highest BCUT2D eigenvalue weighted by Gasteiger charge is 1.83. The molecule has 0 heterocycles. The minimum absolute atomic E-state index is 0. The molecule has 0 radical (unpaired) electrons. The Morgan fingerprint density at radius 2 is 1.75 bits per heavy atom. The molecule has 0 unspecified atom stereocenters. The van der Waals surface area contributed by atoms with Crippen LogP contribution in [0.2, 0.25) is 0 Å². The lowest BCUT2D eigenvalue weighted by Crippen LogP contribution is -1.84. The number of rotatable bonds is 2. The van der Waals surface area contributed by atoms with Gasteiger partial charge in [0.15, 0.2) is 0 Å². The lowest BCUT2D eigenvalue weighted by Gasteiger charge is -1.80. The van der Waals surface area contributed by atoms with E-state index in [1.165, 1.54) is 0 Å². The van der Waals surface area contributed by atoms with Crippen molar-refractivity contribution in [2.75, 3.05) is 0 Å². The third kappa shape index (κ3) is 15.9. The predicted molar refractivity (Wildman–Crippen MR) is 46.2 cm³/mol. The summed E-state index contributed by atoms with van der Waals surface area (Å²) in [6, 6.07) is 0. The first-order valence-electron chi connectivity index (χ1n) is 2.26. The predicted octanol–water partition coefficient (Wildman–Crippen LogP) is 2.53. The maximum absolute atomic E-state index is 10.0. The van der Waals surface area contributed by atoms with Gasteiger partial charge in [-0.15, -0.1) is 34.0 Å². The Balaban J connectivity index is -0.000000125. The van der Waals surface area contributed by atoms with Gasteiger partial charge in [0.2, 0.25) is 0 Å². The fraction of sp³-hybridized carbons (Fsp3) is 0.800. The van der Waals surface area contributed by atoms with Crippen LogP contribution < -0.4 is 0 Å². The molecular weight excluding hydrogens is 236 g/mol. The van der Waals surface area contributed by atoms with Gasteiger partial charge in [-0.2, -0.15) is 0 Å². The molecule has 0 spiro atoms. The molecule has 8 heavy (non-hydrogen) atoms. The zero-order chi connectivity index (χ0) is 4.99.